The first-order valence-corrected chi connectivity index (χ1v) is 7.77. The molecule has 0 aliphatic rings. The van der Waals surface area contributed by atoms with Gasteiger partial charge in [-0.25, -0.2) is 0 Å². The Labute approximate surface area is 134 Å². The second-order valence-corrected chi connectivity index (χ2v) is 5.63. The van der Waals surface area contributed by atoms with Crippen molar-refractivity contribution in [2.24, 2.45) is 0 Å². The van der Waals surface area contributed by atoms with Crippen LogP contribution >= 0.6 is 0 Å². The van der Waals surface area contributed by atoms with Gasteiger partial charge in [0.25, 0.3) is 0 Å². The predicted molar refractivity (Wildman–Crippen MR) is 95.7 cm³/mol. The van der Waals surface area contributed by atoms with Crippen LogP contribution in [0.2, 0.25) is 0 Å². The van der Waals surface area contributed by atoms with Gasteiger partial charge in [0.2, 0.25) is 0 Å². The minimum atomic E-state index is 0.501. The molecule has 116 valence electrons. The van der Waals surface area contributed by atoms with E-state index in [1.807, 2.05) is 24.3 Å². The molecule has 22 heavy (non-hydrogen) atoms. The number of hydrogen-bond donors (Lipinski definition) is 0. The third-order valence-corrected chi connectivity index (χ3v) is 3.95. The molecule has 2 aromatic rings. The molecule has 0 heterocycles. The largest absolute Gasteiger partial charge is 0.497 e. The quantitative estimate of drug-likeness (QED) is 0.744. The normalized spacial score (nSPS) is 10.6. The molecule has 0 aliphatic heterocycles. The number of hydrogen-bond acceptors (Lipinski definition) is 2. The van der Waals surface area contributed by atoms with Crippen LogP contribution in [0.4, 0.5) is 5.69 Å². The number of nitrogens with zero attached hydrogens (tertiary/aromatic N) is 1. The lowest BCUT2D eigenvalue weighted by Gasteiger charge is -2.27. The average Bonchev–Trinajstić information content (AvgIpc) is 2.55. The molecule has 0 saturated carbocycles. The van der Waals surface area contributed by atoms with Gasteiger partial charge in [0.15, 0.2) is 0 Å². The van der Waals surface area contributed by atoms with Gasteiger partial charge in [-0.1, -0.05) is 30.8 Å². The van der Waals surface area contributed by atoms with Crippen molar-refractivity contribution in [3.8, 4) is 5.75 Å². The van der Waals surface area contributed by atoms with E-state index in [4.69, 9.17) is 4.74 Å². The lowest BCUT2D eigenvalue weighted by atomic mass is 9.99. The summed E-state index contributed by atoms with van der Waals surface area (Å²) in [6, 6.07) is 17.2. The summed E-state index contributed by atoms with van der Waals surface area (Å²) >= 11 is 0. The van der Waals surface area contributed by atoms with Gasteiger partial charge in [-0.2, -0.15) is 0 Å². The van der Waals surface area contributed by atoms with E-state index in [2.05, 4.69) is 56.5 Å². The van der Waals surface area contributed by atoms with Gasteiger partial charge >= 0.3 is 0 Å². The highest BCUT2D eigenvalue weighted by molar-refractivity contribution is 5.79. The summed E-state index contributed by atoms with van der Waals surface area (Å²) in [4.78, 5) is 2.37. The third kappa shape index (κ3) is 3.51. The summed E-state index contributed by atoms with van der Waals surface area (Å²) in [5, 5.41) is 0. The van der Waals surface area contributed by atoms with Crippen LogP contribution in [0.15, 0.2) is 55.1 Å². The van der Waals surface area contributed by atoms with Crippen LogP contribution in [0.1, 0.15) is 31.9 Å². The first-order valence-electron chi connectivity index (χ1n) is 7.77. The maximum Gasteiger partial charge on any atom is 0.118 e. The molecular weight excluding hydrogens is 270 g/mol. The lowest BCUT2D eigenvalue weighted by Crippen LogP contribution is -2.30. The van der Waals surface area contributed by atoms with Crippen molar-refractivity contribution in [3.05, 3.63) is 66.2 Å². The van der Waals surface area contributed by atoms with Gasteiger partial charge in [0, 0.05) is 18.3 Å². The zero-order chi connectivity index (χ0) is 16.1. The molecule has 0 spiro atoms. The number of rotatable bonds is 6. The first kappa shape index (κ1) is 16.2. The summed E-state index contributed by atoms with van der Waals surface area (Å²) < 4.78 is 5.20. The molecule has 0 aromatic heterocycles. The molecule has 0 atom stereocenters. The SMILES string of the molecule is C=C(c1ccc(OC)cc1)c1ccc(N(CC)C(C)C)cc1. The van der Waals surface area contributed by atoms with E-state index >= 15 is 0 Å². The minimum absolute atomic E-state index is 0.501. The van der Waals surface area contributed by atoms with Crippen molar-refractivity contribution >= 4 is 11.3 Å². The van der Waals surface area contributed by atoms with Crippen LogP contribution in [0, 0.1) is 0 Å². The fourth-order valence-corrected chi connectivity index (χ4v) is 2.66. The zero-order valence-electron chi connectivity index (χ0n) is 14.0. The van der Waals surface area contributed by atoms with E-state index in [9.17, 15) is 0 Å². The van der Waals surface area contributed by atoms with E-state index in [-0.39, 0.29) is 0 Å². The molecule has 0 aliphatic carbocycles. The third-order valence-electron chi connectivity index (χ3n) is 3.95. The van der Waals surface area contributed by atoms with E-state index in [0.29, 0.717) is 6.04 Å². The molecule has 0 saturated heterocycles. The fourth-order valence-electron chi connectivity index (χ4n) is 2.66. The Morgan fingerprint density at radius 3 is 1.91 bits per heavy atom. The van der Waals surface area contributed by atoms with Crippen molar-refractivity contribution in [1.82, 2.24) is 0 Å². The van der Waals surface area contributed by atoms with E-state index in [1.165, 1.54) is 5.69 Å². The zero-order valence-corrected chi connectivity index (χ0v) is 14.0. The molecular formula is C20H25NO. The second kappa shape index (κ2) is 7.17. The van der Waals surface area contributed by atoms with E-state index < -0.39 is 0 Å². The Bertz CT molecular complexity index is 611. The number of anilines is 1. The Balaban J connectivity index is 2.20. The number of ether oxygens (including phenoxy) is 1. The Morgan fingerprint density at radius 1 is 1.00 bits per heavy atom. The second-order valence-electron chi connectivity index (χ2n) is 5.63. The number of methoxy groups -OCH3 is 1. The molecule has 0 amide bonds. The maximum absolute atomic E-state index is 5.20. The van der Waals surface area contributed by atoms with Gasteiger partial charge in [-0.05, 0) is 61.7 Å². The Hall–Kier alpha value is -2.22. The Kier molecular flexibility index (Phi) is 5.26. The average molecular weight is 295 g/mol. The predicted octanol–water partition coefficient (Wildman–Crippen LogP) is 4.99. The van der Waals surface area contributed by atoms with Crippen LogP contribution in [0.25, 0.3) is 5.57 Å². The maximum atomic E-state index is 5.20. The summed E-state index contributed by atoms with van der Waals surface area (Å²) in [5.41, 5.74) is 4.55. The van der Waals surface area contributed by atoms with Crippen LogP contribution in [-0.4, -0.2) is 19.7 Å². The lowest BCUT2D eigenvalue weighted by molar-refractivity contribution is 0.415. The van der Waals surface area contributed by atoms with Crippen LogP contribution in [0.3, 0.4) is 0 Å². The van der Waals surface area contributed by atoms with Crippen molar-refractivity contribution in [1.29, 1.82) is 0 Å². The summed E-state index contributed by atoms with van der Waals surface area (Å²) in [6.45, 7) is 11.9. The molecule has 2 heteroatoms. The standard InChI is InChI=1S/C20H25NO/c1-6-21(15(2)3)19-11-7-17(8-12-19)16(4)18-9-13-20(22-5)14-10-18/h7-15H,4,6H2,1-3,5H3. The molecule has 2 rings (SSSR count). The molecule has 0 fully saturated rings. The fraction of sp³-hybridized carbons (Fsp3) is 0.300. The van der Waals surface area contributed by atoms with Crippen molar-refractivity contribution in [3.63, 3.8) is 0 Å². The van der Waals surface area contributed by atoms with Gasteiger partial charge < -0.3 is 9.64 Å². The monoisotopic (exact) mass is 295 g/mol. The number of benzene rings is 2. The molecule has 2 aromatic carbocycles. The molecule has 0 N–H and O–H groups in total. The van der Waals surface area contributed by atoms with E-state index in [1.54, 1.807) is 7.11 Å². The van der Waals surface area contributed by atoms with Crippen LogP contribution in [-0.2, 0) is 0 Å². The van der Waals surface area contributed by atoms with Crippen LogP contribution in [0.5, 0.6) is 5.75 Å². The smallest absolute Gasteiger partial charge is 0.118 e. The van der Waals surface area contributed by atoms with Crippen molar-refractivity contribution in [2.75, 3.05) is 18.6 Å². The molecule has 0 bridgehead atoms. The summed E-state index contributed by atoms with van der Waals surface area (Å²) in [5.74, 6) is 0.863. The highest BCUT2D eigenvalue weighted by Crippen LogP contribution is 2.26. The van der Waals surface area contributed by atoms with Crippen LogP contribution < -0.4 is 9.64 Å². The Morgan fingerprint density at radius 2 is 1.50 bits per heavy atom. The first-order chi connectivity index (χ1) is 10.6. The molecule has 0 unspecified atom stereocenters. The van der Waals surface area contributed by atoms with Gasteiger partial charge in [0.1, 0.15) is 5.75 Å². The molecule has 2 nitrogen and oxygen atoms in total. The molecule has 0 radical (unpaired) electrons. The highest BCUT2D eigenvalue weighted by Gasteiger charge is 2.09. The van der Waals surface area contributed by atoms with Crippen molar-refractivity contribution < 1.29 is 4.74 Å². The van der Waals surface area contributed by atoms with E-state index in [0.717, 1.165) is 29.0 Å². The van der Waals surface area contributed by atoms with Gasteiger partial charge in [0.05, 0.1) is 7.11 Å². The van der Waals surface area contributed by atoms with Gasteiger partial charge in [-0.15, -0.1) is 0 Å². The highest BCUT2D eigenvalue weighted by atomic mass is 16.5. The summed E-state index contributed by atoms with van der Waals surface area (Å²) in [6.07, 6.45) is 0. The van der Waals surface area contributed by atoms with Gasteiger partial charge in [-0.3, -0.25) is 0 Å². The summed E-state index contributed by atoms with van der Waals surface area (Å²) in [7, 11) is 1.68. The van der Waals surface area contributed by atoms with Crippen molar-refractivity contribution in [2.45, 2.75) is 26.8 Å². The topological polar surface area (TPSA) is 12.5 Å². The minimum Gasteiger partial charge on any atom is -0.497 e.